The van der Waals surface area contributed by atoms with Crippen LogP contribution in [0.1, 0.15) is 22.6 Å². The van der Waals surface area contributed by atoms with E-state index < -0.39 is 0 Å². The summed E-state index contributed by atoms with van der Waals surface area (Å²) in [7, 11) is 0. The number of nitrogens with two attached hydrogens (primary N) is 1. The Kier molecular flexibility index (Phi) is 3.25. The van der Waals surface area contributed by atoms with E-state index in [9.17, 15) is 5.26 Å². The van der Waals surface area contributed by atoms with Crippen LogP contribution in [-0.4, -0.2) is 0 Å². The smallest absolute Gasteiger partial charge is 0.205 e. The van der Waals surface area contributed by atoms with Gasteiger partial charge in [0.1, 0.15) is 17.4 Å². The quantitative estimate of drug-likeness (QED) is 0.726. The maximum atomic E-state index is 9.68. The largest absolute Gasteiger partial charge is 0.440 e. The number of nitrogens with zero attached hydrogens (tertiary/aromatic N) is 1. The number of ether oxygens (including phenoxy) is 1. The molecule has 0 saturated carbocycles. The van der Waals surface area contributed by atoms with E-state index in [1.54, 1.807) is 0 Å². The molecule has 0 aromatic heterocycles. The standard InChI is InChI=1S/C21H16N2O/c1-13-6-8-15(9-7-13)19-17(12-22)21(23)24-18-11-10-14-4-2-3-5-16(14)20(18)19/h2-11,19H,23H2,1H3. The highest BCUT2D eigenvalue weighted by Crippen LogP contribution is 2.45. The predicted octanol–water partition coefficient (Wildman–Crippen LogP) is 4.37. The van der Waals surface area contributed by atoms with Crippen LogP contribution in [0, 0.1) is 18.3 Å². The minimum atomic E-state index is -0.217. The molecule has 24 heavy (non-hydrogen) atoms. The monoisotopic (exact) mass is 312 g/mol. The van der Waals surface area contributed by atoms with Gasteiger partial charge < -0.3 is 10.5 Å². The molecule has 0 bridgehead atoms. The van der Waals surface area contributed by atoms with Crippen LogP contribution in [0.25, 0.3) is 10.8 Å². The van der Waals surface area contributed by atoms with Gasteiger partial charge in [0.05, 0.1) is 5.92 Å². The van der Waals surface area contributed by atoms with Gasteiger partial charge in [0, 0.05) is 5.56 Å². The van der Waals surface area contributed by atoms with Gasteiger partial charge in [0.2, 0.25) is 5.88 Å². The summed E-state index contributed by atoms with van der Waals surface area (Å²) < 4.78 is 5.75. The molecule has 116 valence electrons. The van der Waals surface area contributed by atoms with E-state index in [0.29, 0.717) is 5.57 Å². The van der Waals surface area contributed by atoms with Crippen molar-refractivity contribution in [1.29, 1.82) is 5.26 Å². The van der Waals surface area contributed by atoms with Crippen LogP contribution in [-0.2, 0) is 0 Å². The zero-order valence-corrected chi connectivity index (χ0v) is 13.3. The van der Waals surface area contributed by atoms with Crippen molar-refractivity contribution < 1.29 is 4.74 Å². The molecule has 1 atom stereocenters. The van der Waals surface area contributed by atoms with Crippen LogP contribution >= 0.6 is 0 Å². The average molecular weight is 312 g/mol. The van der Waals surface area contributed by atoms with Crippen molar-refractivity contribution >= 4 is 10.8 Å². The highest BCUT2D eigenvalue weighted by atomic mass is 16.5. The van der Waals surface area contributed by atoms with Crippen molar-refractivity contribution in [2.45, 2.75) is 12.8 Å². The van der Waals surface area contributed by atoms with E-state index in [1.807, 2.05) is 31.2 Å². The summed E-state index contributed by atoms with van der Waals surface area (Å²) >= 11 is 0. The summed E-state index contributed by atoms with van der Waals surface area (Å²) in [5.41, 5.74) is 9.73. The molecule has 0 spiro atoms. The summed E-state index contributed by atoms with van der Waals surface area (Å²) in [6.07, 6.45) is 0. The first-order valence-electron chi connectivity index (χ1n) is 7.85. The fourth-order valence-electron chi connectivity index (χ4n) is 3.33. The van der Waals surface area contributed by atoms with Gasteiger partial charge in [-0.1, -0.05) is 60.2 Å². The van der Waals surface area contributed by atoms with Crippen molar-refractivity contribution in [2.75, 3.05) is 0 Å². The van der Waals surface area contributed by atoms with Crippen LogP contribution in [0.4, 0.5) is 0 Å². The van der Waals surface area contributed by atoms with E-state index in [-0.39, 0.29) is 11.8 Å². The van der Waals surface area contributed by atoms with E-state index in [1.165, 1.54) is 5.56 Å². The molecule has 2 N–H and O–H groups in total. The van der Waals surface area contributed by atoms with Crippen LogP contribution in [0.15, 0.2) is 72.1 Å². The Hall–Kier alpha value is -3.25. The topological polar surface area (TPSA) is 59.0 Å². The second-order valence-electron chi connectivity index (χ2n) is 6.03. The molecule has 1 aliphatic rings. The van der Waals surface area contributed by atoms with Gasteiger partial charge in [-0.25, -0.2) is 0 Å². The Labute approximate surface area is 140 Å². The number of allylic oxidation sites excluding steroid dienone is 1. The van der Waals surface area contributed by atoms with E-state index in [2.05, 4.69) is 42.5 Å². The third kappa shape index (κ3) is 2.12. The van der Waals surface area contributed by atoms with Crippen LogP contribution < -0.4 is 10.5 Å². The molecule has 3 nitrogen and oxygen atoms in total. The Balaban J connectivity index is 2.05. The summed E-state index contributed by atoms with van der Waals surface area (Å²) in [5, 5.41) is 11.9. The lowest BCUT2D eigenvalue weighted by molar-refractivity contribution is 0.395. The first-order valence-corrected chi connectivity index (χ1v) is 7.85. The van der Waals surface area contributed by atoms with Gasteiger partial charge in [-0.05, 0) is 29.3 Å². The maximum absolute atomic E-state index is 9.68. The zero-order valence-electron chi connectivity index (χ0n) is 13.3. The second kappa shape index (κ2) is 5.43. The first-order chi connectivity index (χ1) is 11.7. The van der Waals surface area contributed by atoms with Crippen molar-refractivity contribution in [3.63, 3.8) is 0 Å². The maximum Gasteiger partial charge on any atom is 0.205 e. The number of fused-ring (bicyclic) bond motifs is 3. The second-order valence-corrected chi connectivity index (χ2v) is 6.03. The van der Waals surface area contributed by atoms with Gasteiger partial charge >= 0.3 is 0 Å². The molecule has 3 aromatic carbocycles. The summed E-state index contributed by atoms with van der Waals surface area (Å²) in [5.74, 6) is 0.687. The molecular weight excluding hydrogens is 296 g/mol. The lowest BCUT2D eigenvalue weighted by atomic mass is 9.81. The van der Waals surface area contributed by atoms with Gasteiger partial charge in [-0.15, -0.1) is 0 Å². The third-order valence-electron chi connectivity index (χ3n) is 4.52. The molecule has 1 unspecified atom stereocenters. The van der Waals surface area contributed by atoms with Crippen molar-refractivity contribution in [1.82, 2.24) is 0 Å². The van der Waals surface area contributed by atoms with E-state index >= 15 is 0 Å². The van der Waals surface area contributed by atoms with E-state index in [4.69, 9.17) is 10.5 Å². The number of aryl methyl sites for hydroxylation is 1. The van der Waals surface area contributed by atoms with Crippen LogP contribution in [0.2, 0.25) is 0 Å². The Bertz CT molecular complexity index is 1010. The summed E-state index contributed by atoms with van der Waals surface area (Å²) in [4.78, 5) is 0. The molecular formula is C21H16N2O. The van der Waals surface area contributed by atoms with Crippen molar-refractivity contribution in [3.8, 4) is 11.8 Å². The van der Waals surface area contributed by atoms with Crippen molar-refractivity contribution in [2.24, 2.45) is 5.73 Å². The van der Waals surface area contributed by atoms with E-state index in [0.717, 1.165) is 27.6 Å². The van der Waals surface area contributed by atoms with Crippen LogP contribution in [0.5, 0.6) is 5.75 Å². The SMILES string of the molecule is Cc1ccc(C2C(C#N)=C(N)Oc3ccc4ccccc4c32)cc1. The minimum Gasteiger partial charge on any atom is -0.440 e. The number of hydrogen-bond acceptors (Lipinski definition) is 3. The Morgan fingerprint density at radius 3 is 2.50 bits per heavy atom. The van der Waals surface area contributed by atoms with Gasteiger partial charge in [0.25, 0.3) is 0 Å². The number of hydrogen-bond donors (Lipinski definition) is 1. The molecule has 0 aliphatic carbocycles. The molecule has 0 radical (unpaired) electrons. The highest BCUT2D eigenvalue weighted by Gasteiger charge is 2.31. The molecule has 0 fully saturated rings. The Morgan fingerprint density at radius 2 is 1.75 bits per heavy atom. The fourth-order valence-corrected chi connectivity index (χ4v) is 3.33. The fraction of sp³-hybridized carbons (Fsp3) is 0.0952. The normalized spacial score (nSPS) is 16.4. The minimum absolute atomic E-state index is 0.186. The van der Waals surface area contributed by atoms with Gasteiger partial charge in [-0.2, -0.15) is 5.26 Å². The summed E-state index contributed by atoms with van der Waals surface area (Å²) in [6.45, 7) is 2.05. The molecule has 4 rings (SSSR count). The zero-order chi connectivity index (χ0) is 16.7. The third-order valence-corrected chi connectivity index (χ3v) is 4.52. The predicted molar refractivity (Wildman–Crippen MR) is 94.4 cm³/mol. The number of nitriles is 1. The average Bonchev–Trinajstić information content (AvgIpc) is 2.61. The number of rotatable bonds is 1. The first kappa shape index (κ1) is 14.3. The van der Waals surface area contributed by atoms with Crippen molar-refractivity contribution in [3.05, 3.63) is 88.8 Å². The highest BCUT2D eigenvalue weighted by molar-refractivity contribution is 5.90. The molecule has 3 heteroatoms. The molecule has 1 aliphatic heterocycles. The number of benzene rings is 3. The van der Waals surface area contributed by atoms with Gasteiger partial charge in [0.15, 0.2) is 0 Å². The molecule has 0 saturated heterocycles. The van der Waals surface area contributed by atoms with Gasteiger partial charge in [-0.3, -0.25) is 0 Å². The molecule has 1 heterocycles. The lowest BCUT2D eigenvalue weighted by Gasteiger charge is -2.28. The summed E-state index contributed by atoms with van der Waals surface area (Å²) in [6, 6.07) is 22.6. The molecule has 3 aromatic rings. The Morgan fingerprint density at radius 1 is 1.00 bits per heavy atom. The molecule has 0 amide bonds. The lowest BCUT2D eigenvalue weighted by Crippen LogP contribution is -2.21. The van der Waals surface area contributed by atoms with Crippen LogP contribution in [0.3, 0.4) is 0 Å².